The van der Waals surface area contributed by atoms with E-state index in [2.05, 4.69) is 22.4 Å². The van der Waals surface area contributed by atoms with Crippen molar-refractivity contribution in [3.8, 4) is 0 Å². The minimum absolute atomic E-state index is 0.299. The number of hydrogen-bond donors (Lipinski definition) is 0. The molecule has 1 nitrogen and oxygen atoms in total. The molecular formula is C9H7ClFNS. The Morgan fingerprint density at radius 2 is 2.31 bits per heavy atom. The van der Waals surface area contributed by atoms with Crippen LogP contribution in [0.15, 0.2) is 23.2 Å². The van der Waals surface area contributed by atoms with Gasteiger partial charge in [-0.1, -0.05) is 17.7 Å². The van der Waals surface area contributed by atoms with Crippen LogP contribution in [0.4, 0.5) is 4.39 Å². The van der Waals surface area contributed by atoms with Crippen LogP contribution in [-0.2, 0) is 6.42 Å². The van der Waals surface area contributed by atoms with Gasteiger partial charge < -0.3 is 0 Å². The third kappa shape index (κ3) is 2.88. The molecule has 0 aliphatic rings. The molecule has 0 saturated heterocycles. The summed E-state index contributed by atoms with van der Waals surface area (Å²) < 4.78 is 13.1. The summed E-state index contributed by atoms with van der Waals surface area (Å²) >= 11 is 10.2. The Hall–Kier alpha value is -0.760. The molecule has 1 aromatic rings. The lowest BCUT2D eigenvalue weighted by Crippen LogP contribution is -1.94. The molecular weight excluding hydrogens is 209 g/mol. The molecule has 1 rings (SSSR count). The zero-order chi connectivity index (χ0) is 9.68. The molecule has 0 aliphatic carbocycles. The van der Waals surface area contributed by atoms with Crippen LogP contribution in [0.2, 0.25) is 5.02 Å². The van der Waals surface area contributed by atoms with Crippen molar-refractivity contribution in [2.45, 2.75) is 6.42 Å². The van der Waals surface area contributed by atoms with Gasteiger partial charge in [0.1, 0.15) is 5.82 Å². The van der Waals surface area contributed by atoms with E-state index in [9.17, 15) is 4.39 Å². The van der Waals surface area contributed by atoms with Gasteiger partial charge in [0.25, 0.3) is 0 Å². The molecule has 0 amide bonds. The number of isothiocyanates is 1. The molecule has 0 unspecified atom stereocenters. The summed E-state index contributed by atoms with van der Waals surface area (Å²) in [6, 6.07) is 4.60. The Morgan fingerprint density at radius 1 is 1.54 bits per heavy atom. The fourth-order valence-electron chi connectivity index (χ4n) is 0.985. The lowest BCUT2D eigenvalue weighted by atomic mass is 10.1. The van der Waals surface area contributed by atoms with Gasteiger partial charge in [0, 0.05) is 10.6 Å². The number of thiocarbonyl (C=S) groups is 1. The number of halogens is 2. The zero-order valence-corrected chi connectivity index (χ0v) is 8.33. The van der Waals surface area contributed by atoms with E-state index in [0.29, 0.717) is 23.6 Å². The predicted molar refractivity (Wildman–Crippen MR) is 55.0 cm³/mol. The molecule has 0 radical (unpaired) electrons. The van der Waals surface area contributed by atoms with Crippen LogP contribution in [-0.4, -0.2) is 11.7 Å². The van der Waals surface area contributed by atoms with E-state index < -0.39 is 0 Å². The van der Waals surface area contributed by atoms with Gasteiger partial charge >= 0.3 is 0 Å². The Labute approximate surface area is 86.2 Å². The first-order valence-electron chi connectivity index (χ1n) is 3.72. The summed E-state index contributed by atoms with van der Waals surface area (Å²) in [6.45, 7) is 0.421. The molecule has 0 saturated carbocycles. The van der Waals surface area contributed by atoms with Crippen molar-refractivity contribution in [3.63, 3.8) is 0 Å². The van der Waals surface area contributed by atoms with Crippen molar-refractivity contribution < 1.29 is 4.39 Å². The third-order valence-electron chi connectivity index (χ3n) is 1.60. The maximum Gasteiger partial charge on any atom is 0.127 e. The summed E-state index contributed by atoms with van der Waals surface area (Å²) in [6.07, 6.45) is 0.454. The monoisotopic (exact) mass is 215 g/mol. The first-order valence-corrected chi connectivity index (χ1v) is 4.51. The molecule has 68 valence electrons. The zero-order valence-electron chi connectivity index (χ0n) is 6.76. The summed E-state index contributed by atoms with van der Waals surface area (Å²) in [5, 5.41) is 2.65. The summed E-state index contributed by atoms with van der Waals surface area (Å²) in [4.78, 5) is 3.69. The molecule has 13 heavy (non-hydrogen) atoms. The smallest absolute Gasteiger partial charge is 0.127 e. The average Bonchev–Trinajstić information content (AvgIpc) is 2.10. The van der Waals surface area contributed by atoms with Gasteiger partial charge in [-0.15, -0.1) is 0 Å². The Balaban J connectivity index is 2.80. The number of aliphatic imine (C=N–C) groups is 1. The van der Waals surface area contributed by atoms with Crippen LogP contribution >= 0.6 is 23.8 Å². The SMILES string of the molecule is Fc1cccc(Cl)c1CCN=C=S. The highest BCUT2D eigenvalue weighted by Crippen LogP contribution is 2.19. The largest absolute Gasteiger partial charge is 0.232 e. The van der Waals surface area contributed by atoms with Crippen LogP contribution in [0, 0.1) is 5.82 Å². The van der Waals surface area contributed by atoms with Crippen molar-refractivity contribution in [3.05, 3.63) is 34.6 Å². The van der Waals surface area contributed by atoms with Gasteiger partial charge in [-0.2, -0.15) is 0 Å². The maximum absolute atomic E-state index is 13.1. The van der Waals surface area contributed by atoms with E-state index in [1.807, 2.05) is 0 Å². The number of benzene rings is 1. The maximum atomic E-state index is 13.1. The molecule has 0 N–H and O–H groups in total. The van der Waals surface area contributed by atoms with Gasteiger partial charge in [0.15, 0.2) is 0 Å². The summed E-state index contributed by atoms with van der Waals surface area (Å²) in [5.74, 6) is -0.299. The van der Waals surface area contributed by atoms with Gasteiger partial charge in [0.2, 0.25) is 0 Å². The first kappa shape index (κ1) is 10.3. The van der Waals surface area contributed by atoms with E-state index in [-0.39, 0.29) is 5.82 Å². The highest BCUT2D eigenvalue weighted by molar-refractivity contribution is 7.78. The second-order valence-corrected chi connectivity index (χ2v) is 3.01. The topological polar surface area (TPSA) is 12.4 Å². The van der Waals surface area contributed by atoms with E-state index in [4.69, 9.17) is 11.6 Å². The Morgan fingerprint density at radius 3 is 2.92 bits per heavy atom. The number of hydrogen-bond acceptors (Lipinski definition) is 2. The quantitative estimate of drug-likeness (QED) is 0.558. The highest BCUT2D eigenvalue weighted by Gasteiger charge is 2.04. The van der Waals surface area contributed by atoms with Crippen LogP contribution < -0.4 is 0 Å². The van der Waals surface area contributed by atoms with Gasteiger partial charge in [-0.3, -0.25) is 0 Å². The standard InChI is InChI=1S/C9H7ClFNS/c10-8-2-1-3-9(11)7(8)4-5-12-6-13/h1-3H,4-5H2. The Kier molecular flexibility index (Phi) is 4.03. The van der Waals surface area contributed by atoms with E-state index in [1.165, 1.54) is 6.07 Å². The number of rotatable bonds is 3. The lowest BCUT2D eigenvalue weighted by Gasteiger charge is -2.02. The Bertz CT molecular complexity index is 327. The van der Waals surface area contributed by atoms with E-state index in [1.54, 1.807) is 12.1 Å². The summed E-state index contributed by atoms with van der Waals surface area (Å²) in [5.41, 5.74) is 0.484. The fourth-order valence-corrected chi connectivity index (χ4v) is 1.33. The molecule has 0 aromatic heterocycles. The third-order valence-corrected chi connectivity index (χ3v) is 2.08. The van der Waals surface area contributed by atoms with Crippen molar-refractivity contribution in [1.29, 1.82) is 0 Å². The minimum Gasteiger partial charge on any atom is -0.232 e. The van der Waals surface area contributed by atoms with Crippen LogP contribution in [0.1, 0.15) is 5.56 Å². The van der Waals surface area contributed by atoms with Crippen molar-refractivity contribution >= 4 is 29.0 Å². The summed E-state index contributed by atoms with van der Waals surface area (Å²) in [7, 11) is 0. The first-order chi connectivity index (χ1) is 6.25. The second kappa shape index (κ2) is 5.07. The molecule has 1 aromatic carbocycles. The van der Waals surface area contributed by atoms with Gasteiger partial charge in [0.05, 0.1) is 11.7 Å². The van der Waals surface area contributed by atoms with Crippen molar-refractivity contribution in [2.75, 3.05) is 6.54 Å². The second-order valence-electron chi connectivity index (χ2n) is 2.42. The average molecular weight is 216 g/mol. The fraction of sp³-hybridized carbons (Fsp3) is 0.222. The minimum atomic E-state index is -0.299. The molecule has 0 atom stereocenters. The highest BCUT2D eigenvalue weighted by atomic mass is 35.5. The molecule has 0 aliphatic heterocycles. The van der Waals surface area contributed by atoms with Crippen LogP contribution in [0.25, 0.3) is 0 Å². The molecule has 4 heteroatoms. The molecule has 0 spiro atoms. The van der Waals surface area contributed by atoms with E-state index >= 15 is 0 Å². The van der Waals surface area contributed by atoms with Crippen molar-refractivity contribution in [1.82, 2.24) is 0 Å². The van der Waals surface area contributed by atoms with Gasteiger partial charge in [-0.25, -0.2) is 9.38 Å². The van der Waals surface area contributed by atoms with Crippen LogP contribution in [0.5, 0.6) is 0 Å². The molecule has 0 bridgehead atoms. The van der Waals surface area contributed by atoms with Crippen LogP contribution in [0.3, 0.4) is 0 Å². The van der Waals surface area contributed by atoms with Gasteiger partial charge in [-0.05, 0) is 30.8 Å². The number of nitrogens with zero attached hydrogens (tertiary/aromatic N) is 1. The van der Waals surface area contributed by atoms with E-state index in [0.717, 1.165) is 0 Å². The molecule has 0 fully saturated rings. The van der Waals surface area contributed by atoms with Crippen molar-refractivity contribution in [2.24, 2.45) is 4.99 Å². The molecule has 0 heterocycles. The predicted octanol–water partition coefficient (Wildman–Crippen LogP) is 3.12. The lowest BCUT2D eigenvalue weighted by molar-refractivity contribution is 0.610. The normalized spacial score (nSPS) is 9.38.